The molecule has 0 amide bonds. The van der Waals surface area contributed by atoms with E-state index in [0.717, 1.165) is 18.2 Å². The molecule has 4 nitrogen and oxygen atoms in total. The molecule has 2 aromatic rings. The molecule has 0 atom stereocenters. The molecule has 0 radical (unpaired) electrons. The minimum atomic E-state index is -3.97. The second-order valence-corrected chi connectivity index (χ2v) is 6.14. The number of benzene rings is 2. The Kier molecular flexibility index (Phi) is 4.46. The summed E-state index contributed by atoms with van der Waals surface area (Å²) in [6.07, 6.45) is 0. The zero-order valence-corrected chi connectivity index (χ0v) is 12.1. The van der Waals surface area contributed by atoms with E-state index in [4.69, 9.17) is 21.5 Å². The third-order valence-corrected chi connectivity index (χ3v) is 3.81. The van der Waals surface area contributed by atoms with Crippen LogP contribution in [0.25, 0.3) is 0 Å². The van der Waals surface area contributed by atoms with Crippen molar-refractivity contribution in [2.75, 3.05) is 0 Å². The monoisotopic (exact) mass is 333 g/mol. The van der Waals surface area contributed by atoms with Gasteiger partial charge in [0.05, 0.1) is 9.92 Å². The molecule has 8 heteroatoms. The van der Waals surface area contributed by atoms with E-state index in [1.165, 1.54) is 18.2 Å². The van der Waals surface area contributed by atoms with E-state index in [2.05, 4.69) is 0 Å². The number of hydrogen-bond donors (Lipinski definition) is 1. The maximum Gasteiger partial charge on any atom is 0.238 e. The van der Waals surface area contributed by atoms with Crippen LogP contribution in [-0.2, 0) is 16.6 Å². The standard InChI is InChI=1S/C13H10ClF2NO3S/c14-10-5-8(1-3-11(10)15)7-20-13-4-2-9(6-12(13)16)21(17,18)19/h1-6H,7H2,(H2,17,18,19). The molecule has 0 saturated heterocycles. The first-order valence-corrected chi connectivity index (χ1v) is 7.59. The Bertz CT molecular complexity index is 781. The van der Waals surface area contributed by atoms with Crippen molar-refractivity contribution in [2.45, 2.75) is 11.5 Å². The zero-order valence-electron chi connectivity index (χ0n) is 10.5. The van der Waals surface area contributed by atoms with Gasteiger partial charge < -0.3 is 4.74 Å². The first kappa shape index (κ1) is 15.7. The Morgan fingerprint density at radius 1 is 1.10 bits per heavy atom. The molecule has 0 unspecified atom stereocenters. The number of ether oxygens (including phenoxy) is 1. The van der Waals surface area contributed by atoms with Gasteiger partial charge in [0.1, 0.15) is 12.4 Å². The third kappa shape index (κ3) is 3.90. The minimum absolute atomic E-state index is 0.0500. The molecular formula is C13H10ClF2NO3S. The second kappa shape index (κ2) is 5.97. The minimum Gasteiger partial charge on any atom is -0.486 e. The lowest BCUT2D eigenvalue weighted by Crippen LogP contribution is -2.12. The van der Waals surface area contributed by atoms with Gasteiger partial charge in [-0.05, 0) is 35.9 Å². The van der Waals surface area contributed by atoms with Gasteiger partial charge in [0, 0.05) is 0 Å². The first-order chi connectivity index (χ1) is 9.77. The zero-order chi connectivity index (χ0) is 15.6. The lowest BCUT2D eigenvalue weighted by atomic mass is 10.2. The fourth-order valence-corrected chi connectivity index (χ4v) is 2.29. The topological polar surface area (TPSA) is 69.4 Å². The summed E-state index contributed by atoms with van der Waals surface area (Å²) < 4.78 is 54.0. The predicted molar refractivity (Wildman–Crippen MR) is 73.5 cm³/mol. The molecule has 2 rings (SSSR count). The van der Waals surface area contributed by atoms with Crippen molar-refractivity contribution in [2.24, 2.45) is 5.14 Å². The van der Waals surface area contributed by atoms with Crippen LogP contribution < -0.4 is 9.88 Å². The molecule has 0 bridgehead atoms. The Hall–Kier alpha value is -1.70. The molecule has 0 spiro atoms. The van der Waals surface area contributed by atoms with Gasteiger partial charge in [-0.25, -0.2) is 22.3 Å². The summed E-state index contributed by atoms with van der Waals surface area (Å²) in [6, 6.07) is 7.01. The fraction of sp³-hybridized carbons (Fsp3) is 0.0769. The molecule has 0 aliphatic rings. The number of hydrogen-bond acceptors (Lipinski definition) is 3. The number of halogens is 3. The third-order valence-electron chi connectivity index (χ3n) is 2.61. The van der Waals surface area contributed by atoms with Gasteiger partial charge in [-0.3, -0.25) is 0 Å². The van der Waals surface area contributed by atoms with E-state index in [0.29, 0.717) is 5.56 Å². The molecule has 2 aromatic carbocycles. The van der Waals surface area contributed by atoms with Gasteiger partial charge >= 0.3 is 0 Å². The highest BCUT2D eigenvalue weighted by molar-refractivity contribution is 7.89. The SMILES string of the molecule is NS(=O)(=O)c1ccc(OCc2ccc(F)c(Cl)c2)c(F)c1. The van der Waals surface area contributed by atoms with Gasteiger partial charge in [-0.15, -0.1) is 0 Å². The molecule has 21 heavy (non-hydrogen) atoms. The highest BCUT2D eigenvalue weighted by atomic mass is 35.5. The summed E-state index contributed by atoms with van der Waals surface area (Å²) in [5, 5.41) is 4.82. The molecule has 112 valence electrons. The summed E-state index contributed by atoms with van der Waals surface area (Å²) in [4.78, 5) is -0.350. The Labute approximate surface area is 125 Å². The number of primary sulfonamides is 1. The van der Waals surface area contributed by atoms with Crippen molar-refractivity contribution in [3.63, 3.8) is 0 Å². The van der Waals surface area contributed by atoms with Crippen LogP contribution in [0.2, 0.25) is 5.02 Å². The number of sulfonamides is 1. The van der Waals surface area contributed by atoms with Crippen molar-refractivity contribution >= 4 is 21.6 Å². The van der Waals surface area contributed by atoms with Gasteiger partial charge in [0.15, 0.2) is 11.6 Å². The Morgan fingerprint density at radius 2 is 1.81 bits per heavy atom. The van der Waals surface area contributed by atoms with Crippen molar-refractivity contribution < 1.29 is 21.9 Å². The van der Waals surface area contributed by atoms with Crippen molar-refractivity contribution in [3.8, 4) is 5.75 Å². The van der Waals surface area contributed by atoms with Crippen LogP contribution in [0.5, 0.6) is 5.75 Å². The lowest BCUT2D eigenvalue weighted by Gasteiger charge is -2.08. The van der Waals surface area contributed by atoms with Gasteiger partial charge in [-0.1, -0.05) is 17.7 Å². The Morgan fingerprint density at radius 3 is 2.38 bits per heavy atom. The highest BCUT2D eigenvalue weighted by Crippen LogP contribution is 2.22. The van der Waals surface area contributed by atoms with Crippen molar-refractivity contribution in [3.05, 3.63) is 58.6 Å². The van der Waals surface area contributed by atoms with E-state index in [9.17, 15) is 17.2 Å². The van der Waals surface area contributed by atoms with Crippen LogP contribution in [-0.4, -0.2) is 8.42 Å². The first-order valence-electron chi connectivity index (χ1n) is 5.66. The fourth-order valence-electron chi connectivity index (χ4n) is 1.57. The van der Waals surface area contributed by atoms with Gasteiger partial charge in [0.25, 0.3) is 0 Å². The van der Waals surface area contributed by atoms with Crippen molar-refractivity contribution in [1.29, 1.82) is 0 Å². The summed E-state index contributed by atoms with van der Waals surface area (Å²) in [7, 11) is -3.97. The van der Waals surface area contributed by atoms with Gasteiger partial charge in [0.2, 0.25) is 10.0 Å². The van der Waals surface area contributed by atoms with Crippen LogP contribution in [0.4, 0.5) is 8.78 Å². The lowest BCUT2D eigenvalue weighted by molar-refractivity contribution is 0.289. The van der Waals surface area contributed by atoms with Crippen LogP contribution in [0, 0.1) is 11.6 Å². The maximum absolute atomic E-state index is 13.7. The summed E-state index contributed by atoms with van der Waals surface area (Å²) in [5.74, 6) is -1.58. The van der Waals surface area contributed by atoms with Crippen LogP contribution in [0.3, 0.4) is 0 Å². The molecule has 0 aliphatic carbocycles. The number of nitrogens with two attached hydrogens (primary N) is 1. The average molecular weight is 334 g/mol. The quantitative estimate of drug-likeness (QED) is 0.935. The summed E-state index contributed by atoms with van der Waals surface area (Å²) in [6.45, 7) is -0.0500. The van der Waals surface area contributed by atoms with E-state index in [-0.39, 0.29) is 22.3 Å². The normalized spacial score (nSPS) is 11.4. The summed E-state index contributed by atoms with van der Waals surface area (Å²) in [5.41, 5.74) is 0.538. The van der Waals surface area contributed by atoms with E-state index in [1.807, 2.05) is 0 Å². The van der Waals surface area contributed by atoms with E-state index in [1.54, 1.807) is 0 Å². The molecule has 0 aliphatic heterocycles. The molecule has 0 aromatic heterocycles. The van der Waals surface area contributed by atoms with E-state index < -0.39 is 21.7 Å². The largest absolute Gasteiger partial charge is 0.486 e. The molecule has 2 N–H and O–H groups in total. The molecule has 0 saturated carbocycles. The second-order valence-electron chi connectivity index (χ2n) is 4.17. The van der Waals surface area contributed by atoms with Crippen LogP contribution in [0.1, 0.15) is 5.56 Å². The van der Waals surface area contributed by atoms with Crippen molar-refractivity contribution in [1.82, 2.24) is 0 Å². The smallest absolute Gasteiger partial charge is 0.238 e. The maximum atomic E-state index is 13.7. The average Bonchev–Trinajstić information content (AvgIpc) is 2.40. The molecule has 0 heterocycles. The molecule has 0 fully saturated rings. The summed E-state index contributed by atoms with van der Waals surface area (Å²) >= 11 is 5.61. The van der Waals surface area contributed by atoms with Crippen LogP contribution >= 0.6 is 11.6 Å². The molecular weight excluding hydrogens is 324 g/mol. The van der Waals surface area contributed by atoms with E-state index >= 15 is 0 Å². The Balaban J connectivity index is 2.15. The number of rotatable bonds is 4. The predicted octanol–water partition coefficient (Wildman–Crippen LogP) is 2.84. The van der Waals surface area contributed by atoms with Crippen LogP contribution in [0.15, 0.2) is 41.3 Å². The van der Waals surface area contributed by atoms with Gasteiger partial charge in [-0.2, -0.15) is 0 Å². The highest BCUT2D eigenvalue weighted by Gasteiger charge is 2.12.